The van der Waals surface area contributed by atoms with Crippen LogP contribution < -0.4 is 10.0 Å². The average Bonchev–Trinajstić information content (AvgIpc) is 2.26. The summed E-state index contributed by atoms with van der Waals surface area (Å²) in [7, 11) is -3.76. The van der Waals surface area contributed by atoms with E-state index in [0.717, 1.165) is 0 Å². The largest absolute Gasteiger partial charge is 0.353 e. The molecule has 1 aromatic carbocycles. The van der Waals surface area contributed by atoms with Gasteiger partial charge in [0, 0.05) is 6.04 Å². The van der Waals surface area contributed by atoms with Crippen LogP contribution in [0.2, 0.25) is 5.02 Å². The summed E-state index contributed by atoms with van der Waals surface area (Å²) in [5, 5.41) is 2.70. The number of amides is 1. The first-order valence-corrected chi connectivity index (χ1v) is 7.22. The van der Waals surface area contributed by atoms with Crippen molar-refractivity contribution >= 4 is 27.5 Å². The van der Waals surface area contributed by atoms with Gasteiger partial charge in [0.15, 0.2) is 0 Å². The van der Waals surface area contributed by atoms with Crippen molar-refractivity contribution in [3.05, 3.63) is 29.3 Å². The molecule has 0 atom stereocenters. The third-order valence-corrected chi connectivity index (χ3v) is 3.90. The van der Waals surface area contributed by atoms with Crippen molar-refractivity contribution in [3.63, 3.8) is 0 Å². The summed E-state index contributed by atoms with van der Waals surface area (Å²) in [5.41, 5.74) is 0. The van der Waals surface area contributed by atoms with Crippen molar-refractivity contribution in [1.82, 2.24) is 10.0 Å². The Morgan fingerprint density at radius 2 is 1.94 bits per heavy atom. The van der Waals surface area contributed by atoms with Crippen LogP contribution in [-0.2, 0) is 14.8 Å². The van der Waals surface area contributed by atoms with Gasteiger partial charge in [0.1, 0.15) is 4.90 Å². The predicted octanol–water partition coefficient (Wildman–Crippen LogP) is 1.14. The molecule has 1 amide bonds. The number of halogens is 1. The number of sulfonamides is 1. The Hall–Kier alpha value is -1.11. The maximum atomic E-state index is 11.9. The van der Waals surface area contributed by atoms with Gasteiger partial charge >= 0.3 is 0 Å². The SMILES string of the molecule is CC(C)NC(=O)CNS(=O)(=O)c1ccccc1Cl. The molecule has 7 heteroatoms. The molecule has 0 heterocycles. The van der Waals surface area contributed by atoms with Crippen LogP contribution in [-0.4, -0.2) is 26.9 Å². The van der Waals surface area contributed by atoms with E-state index in [2.05, 4.69) is 10.0 Å². The van der Waals surface area contributed by atoms with Crippen molar-refractivity contribution in [1.29, 1.82) is 0 Å². The molecule has 0 aromatic heterocycles. The van der Waals surface area contributed by atoms with E-state index in [-0.39, 0.29) is 28.4 Å². The Bertz CT molecular complexity index is 529. The molecule has 1 aromatic rings. The standard InChI is InChI=1S/C11H15ClN2O3S/c1-8(2)14-11(15)7-13-18(16,17)10-6-4-3-5-9(10)12/h3-6,8,13H,7H2,1-2H3,(H,14,15). The number of benzene rings is 1. The molecule has 0 aliphatic rings. The highest BCUT2D eigenvalue weighted by Crippen LogP contribution is 2.19. The quantitative estimate of drug-likeness (QED) is 0.854. The molecule has 0 saturated heterocycles. The van der Waals surface area contributed by atoms with Crippen molar-refractivity contribution in [3.8, 4) is 0 Å². The van der Waals surface area contributed by atoms with E-state index < -0.39 is 10.0 Å². The molecule has 0 bridgehead atoms. The zero-order valence-electron chi connectivity index (χ0n) is 10.1. The van der Waals surface area contributed by atoms with Crippen molar-refractivity contribution < 1.29 is 13.2 Å². The van der Waals surface area contributed by atoms with Crippen LogP contribution in [0.3, 0.4) is 0 Å². The smallest absolute Gasteiger partial charge is 0.242 e. The minimum absolute atomic E-state index is 0.0380. The van der Waals surface area contributed by atoms with Crippen LogP contribution in [0.5, 0.6) is 0 Å². The van der Waals surface area contributed by atoms with Gasteiger partial charge in [-0.25, -0.2) is 13.1 Å². The van der Waals surface area contributed by atoms with Crippen LogP contribution in [0.25, 0.3) is 0 Å². The maximum Gasteiger partial charge on any atom is 0.242 e. The van der Waals surface area contributed by atoms with E-state index in [9.17, 15) is 13.2 Å². The molecule has 0 saturated carbocycles. The molecular weight excluding hydrogens is 276 g/mol. The second-order valence-corrected chi connectivity index (χ2v) is 6.12. The Kier molecular flexibility index (Phi) is 5.13. The maximum absolute atomic E-state index is 11.9. The number of nitrogens with one attached hydrogen (secondary N) is 2. The summed E-state index contributed by atoms with van der Waals surface area (Å²) in [4.78, 5) is 11.3. The van der Waals surface area contributed by atoms with E-state index in [4.69, 9.17) is 11.6 Å². The number of hydrogen-bond donors (Lipinski definition) is 2. The minimum atomic E-state index is -3.76. The number of carbonyl (C=O) groups is 1. The van der Waals surface area contributed by atoms with Gasteiger partial charge in [0.2, 0.25) is 15.9 Å². The van der Waals surface area contributed by atoms with Crippen molar-refractivity contribution in [2.45, 2.75) is 24.8 Å². The first kappa shape index (κ1) is 14.9. The molecule has 1 rings (SSSR count). The molecule has 0 aliphatic carbocycles. The van der Waals surface area contributed by atoms with E-state index >= 15 is 0 Å². The molecule has 18 heavy (non-hydrogen) atoms. The summed E-state index contributed by atoms with van der Waals surface area (Å²) < 4.78 is 25.9. The van der Waals surface area contributed by atoms with E-state index in [1.807, 2.05) is 0 Å². The number of hydrogen-bond acceptors (Lipinski definition) is 3. The van der Waals surface area contributed by atoms with Crippen molar-refractivity contribution in [2.24, 2.45) is 0 Å². The lowest BCUT2D eigenvalue weighted by Gasteiger charge is -2.10. The third kappa shape index (κ3) is 4.29. The normalized spacial score (nSPS) is 11.6. The number of carbonyl (C=O) groups excluding carboxylic acids is 1. The Balaban J connectivity index is 2.72. The topological polar surface area (TPSA) is 75.3 Å². The highest BCUT2D eigenvalue weighted by Gasteiger charge is 2.18. The van der Waals surface area contributed by atoms with E-state index in [1.54, 1.807) is 26.0 Å². The van der Waals surface area contributed by atoms with E-state index in [0.29, 0.717) is 0 Å². The minimum Gasteiger partial charge on any atom is -0.353 e. The fourth-order valence-corrected chi connectivity index (χ4v) is 2.77. The highest BCUT2D eigenvalue weighted by molar-refractivity contribution is 7.89. The Morgan fingerprint density at radius 1 is 1.33 bits per heavy atom. The van der Waals surface area contributed by atoms with Gasteiger partial charge in [-0.15, -0.1) is 0 Å². The van der Waals surface area contributed by atoms with Crippen LogP contribution in [0.1, 0.15) is 13.8 Å². The molecule has 0 aliphatic heterocycles. The van der Waals surface area contributed by atoms with Gasteiger partial charge in [-0.3, -0.25) is 4.79 Å². The van der Waals surface area contributed by atoms with Crippen LogP contribution in [0, 0.1) is 0 Å². The Morgan fingerprint density at radius 3 is 2.50 bits per heavy atom. The molecule has 100 valence electrons. The van der Waals surface area contributed by atoms with Crippen LogP contribution in [0.15, 0.2) is 29.2 Å². The van der Waals surface area contributed by atoms with Gasteiger partial charge in [-0.1, -0.05) is 23.7 Å². The van der Waals surface area contributed by atoms with Gasteiger partial charge in [-0.2, -0.15) is 0 Å². The van der Waals surface area contributed by atoms with Gasteiger partial charge < -0.3 is 5.32 Å². The number of rotatable bonds is 5. The summed E-state index contributed by atoms with van der Waals surface area (Å²) in [5.74, 6) is -0.388. The molecule has 0 radical (unpaired) electrons. The molecule has 0 fully saturated rings. The zero-order valence-corrected chi connectivity index (χ0v) is 11.7. The van der Waals surface area contributed by atoms with Crippen LogP contribution >= 0.6 is 11.6 Å². The first-order valence-electron chi connectivity index (χ1n) is 5.36. The Labute approximate surface area is 112 Å². The highest BCUT2D eigenvalue weighted by atomic mass is 35.5. The second kappa shape index (κ2) is 6.17. The lowest BCUT2D eigenvalue weighted by atomic mass is 10.4. The molecule has 5 nitrogen and oxygen atoms in total. The first-order chi connectivity index (χ1) is 8.33. The molecule has 0 unspecified atom stereocenters. The lowest BCUT2D eigenvalue weighted by Crippen LogP contribution is -2.39. The fraction of sp³-hybridized carbons (Fsp3) is 0.364. The summed E-state index contributed by atoms with van der Waals surface area (Å²) in [6.07, 6.45) is 0. The summed E-state index contributed by atoms with van der Waals surface area (Å²) in [6.45, 7) is 3.27. The van der Waals surface area contributed by atoms with Gasteiger partial charge in [-0.05, 0) is 26.0 Å². The third-order valence-electron chi connectivity index (χ3n) is 2.00. The predicted molar refractivity (Wildman–Crippen MR) is 69.9 cm³/mol. The monoisotopic (exact) mass is 290 g/mol. The summed E-state index contributed by atoms with van der Waals surface area (Å²) in [6, 6.07) is 6.01. The van der Waals surface area contributed by atoms with Gasteiger partial charge in [0.25, 0.3) is 0 Å². The fourth-order valence-electron chi connectivity index (χ4n) is 1.27. The van der Waals surface area contributed by atoms with Crippen molar-refractivity contribution in [2.75, 3.05) is 6.54 Å². The lowest BCUT2D eigenvalue weighted by molar-refractivity contribution is -0.120. The zero-order chi connectivity index (χ0) is 13.8. The molecule has 0 spiro atoms. The van der Waals surface area contributed by atoms with E-state index in [1.165, 1.54) is 12.1 Å². The molecule has 2 N–H and O–H groups in total. The van der Waals surface area contributed by atoms with Crippen LogP contribution in [0.4, 0.5) is 0 Å². The average molecular weight is 291 g/mol. The van der Waals surface area contributed by atoms with Gasteiger partial charge in [0.05, 0.1) is 11.6 Å². The summed E-state index contributed by atoms with van der Waals surface area (Å²) >= 11 is 5.79. The second-order valence-electron chi connectivity index (χ2n) is 3.98. The molecular formula is C11H15ClN2O3S.